The molecule has 2 bridgehead atoms. The van der Waals surface area contributed by atoms with Crippen molar-refractivity contribution in [3.8, 4) is 0 Å². The summed E-state index contributed by atoms with van der Waals surface area (Å²) in [6, 6.07) is 5.41. The second-order valence-corrected chi connectivity index (χ2v) is 9.78. The van der Waals surface area contributed by atoms with Gasteiger partial charge in [-0.25, -0.2) is 4.98 Å². The zero-order valence-corrected chi connectivity index (χ0v) is 20.7. The Morgan fingerprint density at radius 1 is 1.42 bits per heavy atom. The van der Waals surface area contributed by atoms with Gasteiger partial charge in [-0.1, -0.05) is 6.92 Å². The number of nitrogens with zero attached hydrogens (tertiary/aromatic N) is 4. The second kappa shape index (κ2) is 8.59. The number of rotatable bonds is 11. The average molecular weight is 494 g/mol. The fourth-order valence-corrected chi connectivity index (χ4v) is 5.86. The molecule has 11 nitrogen and oxygen atoms in total. The van der Waals surface area contributed by atoms with Crippen molar-refractivity contribution < 1.29 is 14.3 Å². The number of amides is 1. The van der Waals surface area contributed by atoms with Crippen molar-refractivity contribution in [1.82, 2.24) is 24.5 Å². The number of anilines is 3. The minimum absolute atomic E-state index is 0.0304. The van der Waals surface area contributed by atoms with Gasteiger partial charge in [0.2, 0.25) is 0 Å². The Labute approximate surface area is 208 Å². The Bertz CT molecular complexity index is 1360. The quantitative estimate of drug-likeness (QED) is 0.347. The molecule has 5 heterocycles. The molecule has 7 rings (SSSR count). The van der Waals surface area contributed by atoms with Gasteiger partial charge in [0.05, 0.1) is 24.4 Å². The first-order valence-corrected chi connectivity index (χ1v) is 12.5. The van der Waals surface area contributed by atoms with E-state index in [-0.39, 0.29) is 29.2 Å². The Morgan fingerprint density at radius 3 is 2.97 bits per heavy atom. The van der Waals surface area contributed by atoms with E-state index in [1.807, 2.05) is 23.8 Å². The van der Waals surface area contributed by atoms with Crippen LogP contribution in [-0.2, 0) is 15.0 Å². The number of carbonyl (C=O) groups excluding carboxylic acids is 1. The summed E-state index contributed by atoms with van der Waals surface area (Å²) in [7, 11) is 3.44. The third-order valence-corrected chi connectivity index (χ3v) is 7.91. The Morgan fingerprint density at radius 2 is 2.28 bits per heavy atom. The molecule has 2 unspecified atom stereocenters. The van der Waals surface area contributed by atoms with E-state index in [9.17, 15) is 9.59 Å². The molecule has 3 aromatic heterocycles. The molecule has 2 saturated carbocycles. The fraction of sp³-hybridized carbons (Fsp3) is 0.520. The minimum atomic E-state index is -0.230. The van der Waals surface area contributed by atoms with Crippen LogP contribution in [0.3, 0.4) is 0 Å². The highest BCUT2D eigenvalue weighted by atomic mass is 16.5. The molecule has 36 heavy (non-hydrogen) atoms. The van der Waals surface area contributed by atoms with Crippen LogP contribution in [0, 0.1) is 11.8 Å². The van der Waals surface area contributed by atoms with Crippen molar-refractivity contribution in [2.24, 2.45) is 11.8 Å². The number of hydrogen-bond donors (Lipinski definition) is 3. The van der Waals surface area contributed by atoms with Crippen molar-refractivity contribution >= 4 is 28.9 Å². The molecule has 11 heteroatoms. The van der Waals surface area contributed by atoms with Crippen molar-refractivity contribution in [2.75, 3.05) is 38.0 Å². The Hall–Kier alpha value is -3.44. The van der Waals surface area contributed by atoms with Gasteiger partial charge in [0.25, 0.3) is 11.5 Å². The van der Waals surface area contributed by atoms with E-state index >= 15 is 0 Å². The van der Waals surface area contributed by atoms with Crippen molar-refractivity contribution in [1.29, 1.82) is 0 Å². The van der Waals surface area contributed by atoms with Crippen LogP contribution in [0.1, 0.15) is 36.5 Å². The minimum Gasteiger partial charge on any atom is -0.385 e. The van der Waals surface area contributed by atoms with Gasteiger partial charge < -0.3 is 30.0 Å². The van der Waals surface area contributed by atoms with Crippen LogP contribution in [0.2, 0.25) is 0 Å². The standard InChI is InChI=1S/C25H31N7O4/c1-4-14(7-6-10-35-3)28-23(33)15-12-27-32-19(26-2)11-18(30-22(15)32)29-17-8-5-9-31(24(17)34)25-16-13-36-21(25)20(16)25/h5,8-9,11-12,14,16,20-21,26H,4,6-7,10,13H2,1-3H3,(H,28,33)(H,29,30)/t14?,16-,20-,21?,25-/m1/s1. The number of methoxy groups -OCH3 is 1. The van der Waals surface area contributed by atoms with Crippen LogP contribution in [0.5, 0.6) is 0 Å². The fourth-order valence-electron chi connectivity index (χ4n) is 5.86. The summed E-state index contributed by atoms with van der Waals surface area (Å²) in [6.45, 7) is 3.44. The highest BCUT2D eigenvalue weighted by molar-refractivity contribution is 6.00. The number of hydrogen-bond acceptors (Lipinski definition) is 8. The number of carbonyl (C=O) groups is 1. The SMILES string of the molecule is CCC(CCCOC)NC(=O)c1cnn2c(NC)cc(Nc3cccn([C@]45C6OC[C@@H]4[C@H]65)c3=O)nc12. The lowest BCUT2D eigenvalue weighted by Crippen LogP contribution is -2.34. The molecule has 190 valence electrons. The monoisotopic (exact) mass is 493 g/mol. The van der Waals surface area contributed by atoms with E-state index in [0.29, 0.717) is 47.0 Å². The molecule has 4 aliphatic rings. The maximum Gasteiger partial charge on any atom is 0.274 e. The van der Waals surface area contributed by atoms with Gasteiger partial charge in [-0.05, 0) is 31.4 Å². The normalized spacial score (nSPS) is 25.9. The lowest BCUT2D eigenvalue weighted by Gasteiger charge is -2.16. The first-order valence-electron chi connectivity index (χ1n) is 12.5. The zero-order valence-electron chi connectivity index (χ0n) is 20.7. The summed E-state index contributed by atoms with van der Waals surface area (Å²) in [5.41, 5.74) is 0.964. The van der Waals surface area contributed by atoms with Gasteiger partial charge in [-0.3, -0.25) is 9.59 Å². The molecule has 5 atom stereocenters. The molecule has 2 aliphatic carbocycles. The van der Waals surface area contributed by atoms with Crippen LogP contribution in [0.25, 0.3) is 5.65 Å². The second-order valence-electron chi connectivity index (χ2n) is 9.78. The molecular weight excluding hydrogens is 462 g/mol. The van der Waals surface area contributed by atoms with E-state index in [1.165, 1.54) is 6.20 Å². The maximum absolute atomic E-state index is 13.3. The van der Waals surface area contributed by atoms with Crippen molar-refractivity contribution in [2.45, 2.75) is 43.9 Å². The average Bonchev–Trinajstić information content (AvgIpc) is 3.39. The van der Waals surface area contributed by atoms with Crippen LogP contribution in [-0.4, -0.2) is 64.6 Å². The summed E-state index contributed by atoms with van der Waals surface area (Å²) in [6.07, 6.45) is 6.05. The molecule has 3 N–H and O–H groups in total. The summed E-state index contributed by atoms with van der Waals surface area (Å²) < 4.78 is 14.3. The van der Waals surface area contributed by atoms with Gasteiger partial charge in [-0.2, -0.15) is 9.61 Å². The first kappa shape index (κ1) is 23.0. The van der Waals surface area contributed by atoms with Crippen LogP contribution >= 0.6 is 0 Å². The molecule has 0 spiro atoms. The molecule has 2 aliphatic heterocycles. The number of nitrogens with one attached hydrogen (secondary N) is 3. The largest absolute Gasteiger partial charge is 0.385 e. The predicted octanol–water partition coefficient (Wildman–Crippen LogP) is 1.96. The zero-order chi connectivity index (χ0) is 25.0. The Kier molecular flexibility index (Phi) is 5.49. The van der Waals surface area contributed by atoms with Gasteiger partial charge in [0, 0.05) is 50.9 Å². The number of aromatic nitrogens is 4. The van der Waals surface area contributed by atoms with Gasteiger partial charge in [-0.15, -0.1) is 0 Å². The van der Waals surface area contributed by atoms with Crippen molar-refractivity contribution in [3.63, 3.8) is 0 Å². The molecule has 2 saturated heterocycles. The smallest absolute Gasteiger partial charge is 0.274 e. The van der Waals surface area contributed by atoms with E-state index in [0.717, 1.165) is 25.9 Å². The number of ether oxygens (including phenoxy) is 2. The summed E-state index contributed by atoms with van der Waals surface area (Å²) in [5.74, 6) is 1.79. The number of pyridine rings is 1. The van der Waals surface area contributed by atoms with Gasteiger partial charge in [0.1, 0.15) is 22.9 Å². The summed E-state index contributed by atoms with van der Waals surface area (Å²) >= 11 is 0. The molecule has 0 radical (unpaired) electrons. The summed E-state index contributed by atoms with van der Waals surface area (Å²) in [5, 5.41) is 13.7. The van der Waals surface area contributed by atoms with Crippen LogP contribution < -0.4 is 21.5 Å². The topological polar surface area (TPSA) is 124 Å². The maximum atomic E-state index is 13.3. The molecule has 4 fully saturated rings. The van der Waals surface area contributed by atoms with Crippen LogP contribution in [0.4, 0.5) is 17.3 Å². The van der Waals surface area contributed by atoms with E-state index in [2.05, 4.69) is 26.0 Å². The third-order valence-electron chi connectivity index (χ3n) is 7.91. The van der Waals surface area contributed by atoms with E-state index in [4.69, 9.17) is 9.47 Å². The lowest BCUT2D eigenvalue weighted by atomic mass is 10.1. The summed E-state index contributed by atoms with van der Waals surface area (Å²) in [4.78, 5) is 31.1. The lowest BCUT2D eigenvalue weighted by molar-refractivity contribution is 0.0931. The highest BCUT2D eigenvalue weighted by Gasteiger charge is 2.93. The third kappa shape index (κ3) is 3.33. The van der Waals surface area contributed by atoms with Gasteiger partial charge >= 0.3 is 0 Å². The molecular formula is C25H31N7O4. The van der Waals surface area contributed by atoms with E-state index in [1.54, 1.807) is 30.8 Å². The van der Waals surface area contributed by atoms with E-state index < -0.39 is 0 Å². The van der Waals surface area contributed by atoms with Gasteiger partial charge in [0.15, 0.2) is 5.65 Å². The highest BCUT2D eigenvalue weighted by Crippen LogP contribution is 2.82. The predicted molar refractivity (Wildman–Crippen MR) is 134 cm³/mol. The molecule has 0 aromatic carbocycles. The number of fused-ring (bicyclic) bond motifs is 2. The Balaban J connectivity index is 1.27. The van der Waals surface area contributed by atoms with Crippen LogP contribution in [0.15, 0.2) is 35.4 Å². The molecule has 1 amide bonds. The molecule has 3 aromatic rings. The van der Waals surface area contributed by atoms with Crippen molar-refractivity contribution in [3.05, 3.63) is 46.5 Å². The first-order chi connectivity index (χ1) is 17.5.